The molecule has 1 aromatic carbocycles. The van der Waals surface area contributed by atoms with Gasteiger partial charge in [0, 0.05) is 12.7 Å². The van der Waals surface area contributed by atoms with Crippen molar-refractivity contribution in [3.8, 4) is 0 Å². The van der Waals surface area contributed by atoms with Gasteiger partial charge >= 0.3 is 0 Å². The molecule has 0 heterocycles. The third-order valence-electron chi connectivity index (χ3n) is 2.06. The van der Waals surface area contributed by atoms with Gasteiger partial charge in [-0.15, -0.1) is 0 Å². The monoisotopic (exact) mass is 196 g/mol. The standard InChI is InChI=1S/C10H16N2O2/c1-12(14-2)7-10(13)8-3-5-9(11)6-4-8/h3-6,10,13H,7,11H2,1-2H3. The number of hydrogen-bond acceptors (Lipinski definition) is 4. The lowest BCUT2D eigenvalue weighted by Crippen LogP contribution is -2.23. The summed E-state index contributed by atoms with van der Waals surface area (Å²) in [6.45, 7) is 0.431. The summed E-state index contributed by atoms with van der Waals surface area (Å²) in [6.07, 6.45) is -0.555. The minimum Gasteiger partial charge on any atom is -0.399 e. The first-order valence-electron chi connectivity index (χ1n) is 4.42. The molecule has 0 aliphatic heterocycles. The molecule has 0 amide bonds. The molecule has 0 saturated heterocycles. The Balaban J connectivity index is 2.60. The molecule has 1 atom stereocenters. The molecule has 1 rings (SSSR count). The summed E-state index contributed by atoms with van der Waals surface area (Å²) >= 11 is 0. The van der Waals surface area contributed by atoms with E-state index in [0.717, 1.165) is 5.56 Å². The molecule has 1 aromatic rings. The van der Waals surface area contributed by atoms with Gasteiger partial charge in [0.15, 0.2) is 0 Å². The van der Waals surface area contributed by atoms with Crippen LogP contribution < -0.4 is 5.73 Å². The van der Waals surface area contributed by atoms with Crippen LogP contribution in [0.3, 0.4) is 0 Å². The minimum absolute atomic E-state index is 0.431. The van der Waals surface area contributed by atoms with E-state index in [1.807, 2.05) is 12.1 Å². The zero-order valence-electron chi connectivity index (χ0n) is 8.47. The van der Waals surface area contributed by atoms with E-state index in [9.17, 15) is 5.11 Å². The van der Waals surface area contributed by atoms with Gasteiger partial charge in [-0.2, -0.15) is 5.06 Å². The van der Waals surface area contributed by atoms with E-state index in [-0.39, 0.29) is 0 Å². The number of hydrogen-bond donors (Lipinski definition) is 2. The van der Waals surface area contributed by atoms with E-state index in [0.29, 0.717) is 12.2 Å². The molecular weight excluding hydrogens is 180 g/mol. The maximum atomic E-state index is 9.75. The van der Waals surface area contributed by atoms with Crippen molar-refractivity contribution in [2.45, 2.75) is 6.10 Å². The predicted molar refractivity (Wildman–Crippen MR) is 55.5 cm³/mol. The lowest BCUT2D eigenvalue weighted by Gasteiger charge is -2.18. The molecule has 0 fully saturated rings. The summed E-state index contributed by atoms with van der Waals surface area (Å²) in [7, 11) is 3.33. The number of likely N-dealkylation sites (N-methyl/N-ethyl adjacent to an activating group) is 1. The van der Waals surface area contributed by atoms with Crippen LogP contribution in [0.4, 0.5) is 5.69 Å². The molecule has 4 heteroatoms. The van der Waals surface area contributed by atoms with Crippen LogP contribution in [0.15, 0.2) is 24.3 Å². The SMILES string of the molecule is CON(C)CC(O)c1ccc(N)cc1. The molecule has 0 spiro atoms. The molecule has 0 aromatic heterocycles. The number of rotatable bonds is 4. The van der Waals surface area contributed by atoms with Crippen LogP contribution >= 0.6 is 0 Å². The Morgan fingerprint density at radius 1 is 1.43 bits per heavy atom. The summed E-state index contributed by atoms with van der Waals surface area (Å²) in [5.74, 6) is 0. The van der Waals surface area contributed by atoms with Gasteiger partial charge in [-0.1, -0.05) is 12.1 Å². The van der Waals surface area contributed by atoms with Crippen LogP contribution in [0, 0.1) is 0 Å². The van der Waals surface area contributed by atoms with E-state index >= 15 is 0 Å². The number of nitrogen functional groups attached to an aromatic ring is 1. The van der Waals surface area contributed by atoms with Gasteiger partial charge in [0.25, 0.3) is 0 Å². The largest absolute Gasteiger partial charge is 0.399 e. The van der Waals surface area contributed by atoms with Crippen molar-refractivity contribution in [1.29, 1.82) is 0 Å². The minimum atomic E-state index is -0.555. The highest BCUT2D eigenvalue weighted by Gasteiger charge is 2.09. The molecular formula is C10H16N2O2. The Morgan fingerprint density at radius 2 is 2.00 bits per heavy atom. The lowest BCUT2D eigenvalue weighted by molar-refractivity contribution is -0.128. The maximum absolute atomic E-state index is 9.75. The van der Waals surface area contributed by atoms with Crippen LogP contribution in [0.25, 0.3) is 0 Å². The number of anilines is 1. The van der Waals surface area contributed by atoms with E-state index < -0.39 is 6.10 Å². The van der Waals surface area contributed by atoms with Crippen molar-refractivity contribution >= 4 is 5.69 Å². The second-order valence-corrected chi connectivity index (χ2v) is 3.18. The summed E-state index contributed by atoms with van der Waals surface area (Å²) in [5.41, 5.74) is 7.07. The Morgan fingerprint density at radius 3 is 2.50 bits per heavy atom. The molecule has 4 nitrogen and oxygen atoms in total. The fraction of sp³-hybridized carbons (Fsp3) is 0.400. The number of aliphatic hydroxyl groups is 1. The summed E-state index contributed by atoms with van der Waals surface area (Å²) in [6, 6.07) is 7.16. The van der Waals surface area contributed by atoms with Gasteiger partial charge < -0.3 is 15.7 Å². The summed E-state index contributed by atoms with van der Waals surface area (Å²) < 4.78 is 0. The van der Waals surface area contributed by atoms with Gasteiger partial charge in [-0.05, 0) is 17.7 Å². The highest BCUT2D eigenvalue weighted by atomic mass is 16.7. The van der Waals surface area contributed by atoms with E-state index in [4.69, 9.17) is 10.6 Å². The Hall–Kier alpha value is -1.10. The Bertz CT molecular complexity index is 274. The van der Waals surface area contributed by atoms with Crippen molar-refractivity contribution in [1.82, 2.24) is 5.06 Å². The van der Waals surface area contributed by atoms with Crippen LogP contribution in [0.5, 0.6) is 0 Å². The fourth-order valence-electron chi connectivity index (χ4n) is 1.14. The molecule has 0 bridgehead atoms. The van der Waals surface area contributed by atoms with Gasteiger partial charge in [-0.3, -0.25) is 0 Å². The Kier molecular flexibility index (Phi) is 3.88. The van der Waals surface area contributed by atoms with Crippen molar-refractivity contribution < 1.29 is 9.94 Å². The molecule has 78 valence electrons. The Labute approximate surface area is 83.9 Å². The molecule has 0 aliphatic carbocycles. The van der Waals surface area contributed by atoms with Crippen molar-refractivity contribution in [2.24, 2.45) is 0 Å². The highest BCUT2D eigenvalue weighted by molar-refractivity contribution is 5.39. The number of aliphatic hydroxyl groups excluding tert-OH is 1. The number of hydroxylamine groups is 2. The van der Waals surface area contributed by atoms with E-state index in [1.165, 1.54) is 0 Å². The van der Waals surface area contributed by atoms with Crippen molar-refractivity contribution in [3.63, 3.8) is 0 Å². The van der Waals surface area contributed by atoms with Crippen LogP contribution in [-0.4, -0.2) is 30.9 Å². The van der Waals surface area contributed by atoms with Crippen LogP contribution in [0.1, 0.15) is 11.7 Å². The van der Waals surface area contributed by atoms with Crippen LogP contribution in [-0.2, 0) is 4.84 Å². The van der Waals surface area contributed by atoms with Gasteiger partial charge in [0.05, 0.1) is 19.8 Å². The summed E-state index contributed by atoms with van der Waals surface area (Å²) in [5, 5.41) is 11.3. The molecule has 0 aliphatic rings. The third kappa shape index (κ3) is 2.99. The average molecular weight is 196 g/mol. The van der Waals surface area contributed by atoms with E-state index in [1.54, 1.807) is 31.4 Å². The van der Waals surface area contributed by atoms with E-state index in [2.05, 4.69) is 0 Å². The molecule has 0 saturated carbocycles. The number of nitrogens with two attached hydrogens (primary N) is 1. The lowest BCUT2D eigenvalue weighted by atomic mass is 10.1. The van der Waals surface area contributed by atoms with Gasteiger partial charge in [0.2, 0.25) is 0 Å². The smallest absolute Gasteiger partial charge is 0.0940 e. The third-order valence-corrected chi connectivity index (χ3v) is 2.06. The molecule has 14 heavy (non-hydrogen) atoms. The zero-order valence-corrected chi connectivity index (χ0v) is 8.47. The quantitative estimate of drug-likeness (QED) is 0.552. The van der Waals surface area contributed by atoms with Crippen LogP contribution in [0.2, 0.25) is 0 Å². The molecule has 1 unspecified atom stereocenters. The second kappa shape index (κ2) is 4.95. The topological polar surface area (TPSA) is 58.7 Å². The normalized spacial score (nSPS) is 13.1. The summed E-state index contributed by atoms with van der Waals surface area (Å²) in [4.78, 5) is 4.91. The molecule has 0 radical (unpaired) electrons. The second-order valence-electron chi connectivity index (χ2n) is 3.18. The predicted octanol–water partition coefficient (Wildman–Crippen LogP) is 0.795. The maximum Gasteiger partial charge on any atom is 0.0940 e. The van der Waals surface area contributed by atoms with Gasteiger partial charge in [0.1, 0.15) is 0 Å². The van der Waals surface area contributed by atoms with Crippen molar-refractivity contribution in [3.05, 3.63) is 29.8 Å². The van der Waals surface area contributed by atoms with Gasteiger partial charge in [-0.25, -0.2) is 0 Å². The van der Waals surface area contributed by atoms with Crippen molar-refractivity contribution in [2.75, 3.05) is 26.4 Å². The number of benzene rings is 1. The average Bonchev–Trinajstić information content (AvgIpc) is 2.18. The first kappa shape index (κ1) is 11.0. The first-order chi connectivity index (χ1) is 6.63. The fourth-order valence-corrected chi connectivity index (χ4v) is 1.14. The first-order valence-corrected chi connectivity index (χ1v) is 4.42. The number of nitrogens with zero attached hydrogens (tertiary/aromatic N) is 1. The highest BCUT2D eigenvalue weighted by Crippen LogP contribution is 2.15. The molecule has 3 N–H and O–H groups in total. The zero-order chi connectivity index (χ0) is 10.6.